The first-order valence-electron chi connectivity index (χ1n) is 3.04. The predicted molar refractivity (Wildman–Crippen MR) is 36.8 cm³/mol. The van der Waals surface area contributed by atoms with Gasteiger partial charge in [-0.05, 0) is 6.42 Å². The van der Waals surface area contributed by atoms with Gasteiger partial charge in [0.25, 0.3) is 0 Å². The van der Waals surface area contributed by atoms with E-state index in [9.17, 15) is 4.79 Å². The third-order valence-electron chi connectivity index (χ3n) is 0.712. The zero-order valence-corrected chi connectivity index (χ0v) is 6.16. The average molecular weight is 145 g/mol. The molecule has 4 heteroatoms. The van der Waals surface area contributed by atoms with Crippen molar-refractivity contribution in [3.8, 4) is 0 Å². The maximum atomic E-state index is 10.5. The Morgan fingerprint density at radius 3 is 2.90 bits per heavy atom. The fraction of sp³-hybridized carbons (Fsp3) is 0.667. The van der Waals surface area contributed by atoms with Gasteiger partial charge in [0, 0.05) is 0 Å². The molecule has 0 aliphatic rings. The van der Waals surface area contributed by atoms with Crippen molar-refractivity contribution in [2.45, 2.75) is 13.3 Å². The van der Waals surface area contributed by atoms with Crippen LogP contribution in [0.25, 0.3) is 0 Å². The van der Waals surface area contributed by atoms with Crippen molar-refractivity contribution in [1.29, 1.82) is 0 Å². The summed E-state index contributed by atoms with van der Waals surface area (Å²) in [5.41, 5.74) is 0. The first-order valence-corrected chi connectivity index (χ1v) is 3.04. The molecule has 0 aromatic carbocycles. The van der Waals surface area contributed by atoms with Gasteiger partial charge in [0.15, 0.2) is 6.21 Å². The summed E-state index contributed by atoms with van der Waals surface area (Å²) in [6, 6.07) is 0. The van der Waals surface area contributed by atoms with Gasteiger partial charge >= 0.3 is 5.97 Å². The lowest BCUT2D eigenvalue weighted by Gasteiger charge is -1.95. The van der Waals surface area contributed by atoms with Gasteiger partial charge in [0.1, 0.15) is 7.11 Å². The van der Waals surface area contributed by atoms with Gasteiger partial charge in [-0.25, -0.2) is 4.79 Å². The zero-order chi connectivity index (χ0) is 7.82. The van der Waals surface area contributed by atoms with E-state index in [-0.39, 0.29) is 0 Å². The molecule has 0 radical (unpaired) electrons. The standard InChI is InChI=1S/C6H11NO3/c1-3-4-10-6(8)5-7-9-2/h5H,3-4H2,1-2H3. The molecule has 0 atom stereocenters. The summed E-state index contributed by atoms with van der Waals surface area (Å²) in [5.74, 6) is -0.469. The van der Waals surface area contributed by atoms with Crippen LogP contribution in [0.15, 0.2) is 5.16 Å². The molecule has 0 aromatic heterocycles. The molecule has 0 saturated carbocycles. The van der Waals surface area contributed by atoms with E-state index < -0.39 is 5.97 Å². The van der Waals surface area contributed by atoms with Crippen LogP contribution >= 0.6 is 0 Å². The largest absolute Gasteiger partial charge is 0.461 e. The van der Waals surface area contributed by atoms with Crippen molar-refractivity contribution in [3.63, 3.8) is 0 Å². The van der Waals surface area contributed by atoms with Crippen molar-refractivity contribution in [1.82, 2.24) is 0 Å². The number of oxime groups is 1. The summed E-state index contributed by atoms with van der Waals surface area (Å²) in [6.45, 7) is 2.34. The molecule has 10 heavy (non-hydrogen) atoms. The number of hydrogen-bond donors (Lipinski definition) is 0. The highest BCUT2D eigenvalue weighted by Crippen LogP contribution is 1.79. The fourth-order valence-electron chi connectivity index (χ4n) is 0.336. The van der Waals surface area contributed by atoms with Gasteiger partial charge in [-0.3, -0.25) is 0 Å². The SMILES string of the molecule is CCCOC(=O)C=NOC. The second-order valence-electron chi connectivity index (χ2n) is 1.58. The summed E-state index contributed by atoms with van der Waals surface area (Å²) in [5, 5.41) is 3.23. The molecular formula is C6H11NO3. The molecule has 0 bridgehead atoms. The summed E-state index contributed by atoms with van der Waals surface area (Å²) in [4.78, 5) is 14.8. The van der Waals surface area contributed by atoms with E-state index in [0.29, 0.717) is 6.61 Å². The molecule has 58 valence electrons. The minimum absolute atomic E-state index is 0.425. The van der Waals surface area contributed by atoms with E-state index in [2.05, 4.69) is 14.7 Å². The number of carbonyl (C=O) groups is 1. The van der Waals surface area contributed by atoms with E-state index in [4.69, 9.17) is 0 Å². The van der Waals surface area contributed by atoms with E-state index in [1.165, 1.54) is 7.11 Å². The monoisotopic (exact) mass is 145 g/mol. The van der Waals surface area contributed by atoms with Crippen molar-refractivity contribution >= 4 is 12.2 Å². The van der Waals surface area contributed by atoms with Crippen molar-refractivity contribution in [3.05, 3.63) is 0 Å². The smallest absolute Gasteiger partial charge is 0.352 e. The van der Waals surface area contributed by atoms with Gasteiger partial charge in [-0.2, -0.15) is 0 Å². The topological polar surface area (TPSA) is 47.9 Å². The number of hydrogen-bond acceptors (Lipinski definition) is 4. The molecule has 0 aliphatic carbocycles. The van der Waals surface area contributed by atoms with Crippen LogP contribution < -0.4 is 0 Å². The Hall–Kier alpha value is -1.06. The summed E-state index contributed by atoms with van der Waals surface area (Å²) < 4.78 is 4.62. The Labute approximate surface area is 59.8 Å². The molecule has 0 saturated heterocycles. The van der Waals surface area contributed by atoms with E-state index in [0.717, 1.165) is 12.6 Å². The van der Waals surface area contributed by atoms with Crippen LogP contribution in [0.3, 0.4) is 0 Å². The van der Waals surface area contributed by atoms with Gasteiger partial charge < -0.3 is 9.57 Å². The van der Waals surface area contributed by atoms with E-state index in [1.54, 1.807) is 0 Å². The third-order valence-corrected chi connectivity index (χ3v) is 0.712. The summed E-state index contributed by atoms with van der Waals surface area (Å²) in [6.07, 6.45) is 1.81. The van der Waals surface area contributed by atoms with Crippen LogP contribution in [0.4, 0.5) is 0 Å². The minimum atomic E-state index is -0.469. The molecule has 0 heterocycles. The van der Waals surface area contributed by atoms with Crippen molar-refractivity contribution < 1.29 is 14.4 Å². The Morgan fingerprint density at radius 1 is 1.70 bits per heavy atom. The van der Waals surface area contributed by atoms with Crippen molar-refractivity contribution in [2.75, 3.05) is 13.7 Å². The number of carbonyl (C=O) groups excluding carboxylic acids is 1. The minimum Gasteiger partial charge on any atom is -0.461 e. The third kappa shape index (κ3) is 5.08. The summed E-state index contributed by atoms with van der Waals surface area (Å²) >= 11 is 0. The Morgan fingerprint density at radius 2 is 2.40 bits per heavy atom. The highest BCUT2D eigenvalue weighted by atomic mass is 16.6. The highest BCUT2D eigenvalue weighted by molar-refractivity contribution is 6.22. The Bertz CT molecular complexity index is 122. The van der Waals surface area contributed by atoms with Crippen molar-refractivity contribution in [2.24, 2.45) is 5.16 Å². The molecular weight excluding hydrogens is 134 g/mol. The molecule has 0 aromatic rings. The van der Waals surface area contributed by atoms with Gasteiger partial charge in [0.05, 0.1) is 6.61 Å². The molecule has 0 unspecified atom stereocenters. The number of rotatable bonds is 4. The molecule has 0 fully saturated rings. The van der Waals surface area contributed by atoms with Crippen LogP contribution in [0.1, 0.15) is 13.3 Å². The zero-order valence-electron chi connectivity index (χ0n) is 6.16. The first-order chi connectivity index (χ1) is 4.81. The average Bonchev–Trinajstić information content (AvgIpc) is 1.97. The van der Waals surface area contributed by atoms with Crippen LogP contribution in [0, 0.1) is 0 Å². The predicted octanol–water partition coefficient (Wildman–Crippen LogP) is 0.572. The number of esters is 1. The lowest BCUT2D eigenvalue weighted by atomic mass is 10.5. The molecule has 0 amide bonds. The highest BCUT2D eigenvalue weighted by Gasteiger charge is 1.94. The fourth-order valence-corrected chi connectivity index (χ4v) is 0.336. The maximum absolute atomic E-state index is 10.5. The summed E-state index contributed by atoms with van der Waals surface area (Å²) in [7, 11) is 1.36. The lowest BCUT2D eigenvalue weighted by Crippen LogP contribution is -2.06. The van der Waals surface area contributed by atoms with Crippen LogP contribution in [0.5, 0.6) is 0 Å². The maximum Gasteiger partial charge on any atom is 0.352 e. The van der Waals surface area contributed by atoms with E-state index >= 15 is 0 Å². The first kappa shape index (κ1) is 8.94. The van der Waals surface area contributed by atoms with Gasteiger partial charge in [0.2, 0.25) is 0 Å². The second kappa shape index (κ2) is 6.07. The molecule has 4 nitrogen and oxygen atoms in total. The van der Waals surface area contributed by atoms with Crippen LogP contribution in [-0.4, -0.2) is 25.9 Å². The van der Waals surface area contributed by atoms with Crippen LogP contribution in [0.2, 0.25) is 0 Å². The van der Waals surface area contributed by atoms with Gasteiger partial charge in [-0.15, -0.1) is 0 Å². The molecule has 0 rings (SSSR count). The number of ether oxygens (including phenoxy) is 1. The quantitative estimate of drug-likeness (QED) is 0.330. The van der Waals surface area contributed by atoms with Gasteiger partial charge in [-0.1, -0.05) is 12.1 Å². The normalized spacial score (nSPS) is 9.80. The second-order valence-corrected chi connectivity index (χ2v) is 1.58. The number of nitrogens with zero attached hydrogens (tertiary/aromatic N) is 1. The Kier molecular flexibility index (Phi) is 5.42. The molecule has 0 N–H and O–H groups in total. The lowest BCUT2D eigenvalue weighted by molar-refractivity contribution is -0.135. The van der Waals surface area contributed by atoms with Crippen LogP contribution in [-0.2, 0) is 14.4 Å². The Balaban J connectivity index is 3.34. The van der Waals surface area contributed by atoms with E-state index in [1.807, 2.05) is 6.92 Å². The molecule has 0 aliphatic heterocycles. The molecule has 0 spiro atoms.